The topological polar surface area (TPSA) is 60.8 Å². The summed E-state index contributed by atoms with van der Waals surface area (Å²) in [5.41, 5.74) is 1.24. The van der Waals surface area contributed by atoms with Crippen LogP contribution in [0.5, 0.6) is 0 Å². The molecule has 114 valence electrons. The fourth-order valence-electron chi connectivity index (χ4n) is 2.10. The molecule has 1 aromatic carbocycles. The molecule has 0 aliphatic heterocycles. The first-order chi connectivity index (χ1) is 9.76. The van der Waals surface area contributed by atoms with Crippen molar-refractivity contribution in [2.75, 3.05) is 19.7 Å². The number of likely N-dealkylation sites (N-methyl/N-ethyl adjacent to an activating group) is 1. The van der Waals surface area contributed by atoms with Crippen LogP contribution in [0.4, 0.5) is 0 Å². The lowest BCUT2D eigenvalue weighted by Crippen LogP contribution is -2.42. The molecule has 1 aromatic rings. The number of hydrogen-bond acceptors (Lipinski definition) is 3. The smallest absolute Gasteiger partial charge is 0.253 e. The van der Waals surface area contributed by atoms with E-state index in [9.17, 15) is 9.90 Å². The molecule has 0 radical (unpaired) electrons. The first kappa shape index (κ1) is 17.2. The molecule has 4 nitrogen and oxygen atoms in total. The van der Waals surface area contributed by atoms with Gasteiger partial charge < -0.3 is 15.1 Å². The van der Waals surface area contributed by atoms with Gasteiger partial charge in [-0.25, -0.2) is 0 Å². The molecular formula is C17H23NO3. The average Bonchev–Trinajstić information content (AvgIpc) is 2.40. The highest BCUT2D eigenvalue weighted by molar-refractivity contribution is 5.94. The molecule has 2 N–H and O–H groups in total. The fourth-order valence-corrected chi connectivity index (χ4v) is 2.10. The lowest BCUT2D eigenvalue weighted by atomic mass is 10.0. The molecule has 0 saturated carbocycles. The normalized spacial score (nSPS) is 10.8. The molecule has 1 amide bonds. The standard InChI is InChI=1S/C17H23NO3/c1-5-18(12-17(3,4)21)16(20)15-10-13(2)9-14(11-15)7-6-8-19/h9-11,19,21H,5,8,12H2,1-4H3. The third-order valence-corrected chi connectivity index (χ3v) is 2.88. The Bertz CT molecular complexity index is 562. The molecule has 4 heteroatoms. The average molecular weight is 289 g/mol. The Balaban J connectivity index is 3.08. The van der Waals surface area contributed by atoms with Gasteiger partial charge in [0.15, 0.2) is 0 Å². The van der Waals surface area contributed by atoms with E-state index >= 15 is 0 Å². The SMILES string of the molecule is CCN(CC(C)(C)O)C(=O)c1cc(C)cc(C#CCO)c1. The van der Waals surface area contributed by atoms with Crippen LogP contribution in [0.2, 0.25) is 0 Å². The van der Waals surface area contributed by atoms with E-state index in [1.807, 2.05) is 19.9 Å². The monoisotopic (exact) mass is 289 g/mol. The highest BCUT2D eigenvalue weighted by Crippen LogP contribution is 2.14. The predicted molar refractivity (Wildman–Crippen MR) is 83.0 cm³/mol. The Morgan fingerprint density at radius 2 is 2.00 bits per heavy atom. The third kappa shape index (κ3) is 5.58. The van der Waals surface area contributed by atoms with Crippen molar-refractivity contribution in [2.24, 2.45) is 0 Å². The first-order valence-corrected chi connectivity index (χ1v) is 7.00. The number of benzene rings is 1. The summed E-state index contributed by atoms with van der Waals surface area (Å²) in [5.74, 6) is 5.27. The summed E-state index contributed by atoms with van der Waals surface area (Å²) < 4.78 is 0. The fraction of sp³-hybridized carbons (Fsp3) is 0.471. The second-order valence-electron chi connectivity index (χ2n) is 5.68. The number of rotatable bonds is 4. The van der Waals surface area contributed by atoms with Crippen LogP contribution in [0.25, 0.3) is 0 Å². The van der Waals surface area contributed by atoms with Crippen molar-refractivity contribution in [3.8, 4) is 11.8 Å². The van der Waals surface area contributed by atoms with E-state index in [1.165, 1.54) is 0 Å². The van der Waals surface area contributed by atoms with Gasteiger partial charge >= 0.3 is 0 Å². The summed E-state index contributed by atoms with van der Waals surface area (Å²) >= 11 is 0. The van der Waals surface area contributed by atoms with Gasteiger partial charge in [-0.05, 0) is 51.5 Å². The molecule has 0 saturated heterocycles. The molecule has 0 fully saturated rings. The number of nitrogens with zero attached hydrogens (tertiary/aromatic N) is 1. The van der Waals surface area contributed by atoms with Gasteiger partial charge in [0.05, 0.1) is 5.60 Å². The number of aliphatic hydroxyl groups excluding tert-OH is 1. The Labute approximate surface area is 126 Å². The predicted octanol–water partition coefficient (Wildman–Crippen LogP) is 1.57. The minimum Gasteiger partial charge on any atom is -0.389 e. The van der Waals surface area contributed by atoms with Crippen LogP contribution in [0.15, 0.2) is 18.2 Å². The Hall–Kier alpha value is -1.83. The van der Waals surface area contributed by atoms with Crippen LogP contribution in [-0.2, 0) is 0 Å². The third-order valence-electron chi connectivity index (χ3n) is 2.88. The quantitative estimate of drug-likeness (QED) is 0.827. The van der Waals surface area contributed by atoms with E-state index in [1.54, 1.807) is 30.9 Å². The van der Waals surface area contributed by atoms with Crippen molar-refractivity contribution < 1.29 is 15.0 Å². The van der Waals surface area contributed by atoms with Crippen LogP contribution < -0.4 is 0 Å². The molecule has 0 atom stereocenters. The van der Waals surface area contributed by atoms with Crippen LogP contribution in [0.1, 0.15) is 42.3 Å². The van der Waals surface area contributed by atoms with Crippen molar-refractivity contribution in [3.63, 3.8) is 0 Å². The minimum atomic E-state index is -0.935. The molecule has 1 rings (SSSR count). The number of aliphatic hydroxyl groups is 2. The molecule has 21 heavy (non-hydrogen) atoms. The van der Waals surface area contributed by atoms with Gasteiger partial charge in [0.1, 0.15) is 6.61 Å². The zero-order valence-corrected chi connectivity index (χ0v) is 13.1. The summed E-state index contributed by atoms with van der Waals surface area (Å²) in [5, 5.41) is 18.6. The van der Waals surface area contributed by atoms with Crippen molar-refractivity contribution in [1.29, 1.82) is 0 Å². The largest absolute Gasteiger partial charge is 0.389 e. The van der Waals surface area contributed by atoms with Crippen LogP contribution >= 0.6 is 0 Å². The second-order valence-corrected chi connectivity index (χ2v) is 5.68. The van der Waals surface area contributed by atoms with Gasteiger partial charge in [-0.15, -0.1) is 0 Å². The maximum atomic E-state index is 12.5. The molecule has 0 aliphatic carbocycles. The van der Waals surface area contributed by atoms with Crippen LogP contribution in [0, 0.1) is 18.8 Å². The van der Waals surface area contributed by atoms with Crippen molar-refractivity contribution in [3.05, 3.63) is 34.9 Å². The van der Waals surface area contributed by atoms with Gasteiger partial charge in [0.25, 0.3) is 5.91 Å². The van der Waals surface area contributed by atoms with Crippen molar-refractivity contribution in [2.45, 2.75) is 33.3 Å². The highest BCUT2D eigenvalue weighted by Gasteiger charge is 2.22. The van der Waals surface area contributed by atoms with E-state index in [2.05, 4.69) is 11.8 Å². The Kier molecular flexibility index (Phi) is 5.95. The van der Waals surface area contributed by atoms with E-state index in [0.717, 1.165) is 5.56 Å². The number of amides is 1. The Morgan fingerprint density at radius 3 is 2.52 bits per heavy atom. The molecule has 0 bridgehead atoms. The molecule has 0 aromatic heterocycles. The summed E-state index contributed by atoms with van der Waals surface area (Å²) in [7, 11) is 0. The number of aryl methyl sites for hydroxylation is 1. The molecule has 0 aliphatic rings. The van der Waals surface area contributed by atoms with Gasteiger partial charge in [-0.2, -0.15) is 0 Å². The minimum absolute atomic E-state index is 0.129. The molecular weight excluding hydrogens is 266 g/mol. The van der Waals surface area contributed by atoms with Gasteiger partial charge in [0.2, 0.25) is 0 Å². The molecule has 0 spiro atoms. The number of carbonyl (C=O) groups is 1. The van der Waals surface area contributed by atoms with E-state index in [4.69, 9.17) is 5.11 Å². The molecule has 0 unspecified atom stereocenters. The summed E-state index contributed by atoms with van der Waals surface area (Å²) in [4.78, 5) is 14.2. The summed E-state index contributed by atoms with van der Waals surface area (Å²) in [6.45, 7) is 7.72. The van der Waals surface area contributed by atoms with Crippen LogP contribution in [0.3, 0.4) is 0 Å². The van der Waals surface area contributed by atoms with E-state index in [0.29, 0.717) is 17.7 Å². The maximum absolute atomic E-state index is 12.5. The lowest BCUT2D eigenvalue weighted by molar-refractivity contribution is 0.0314. The Morgan fingerprint density at radius 1 is 1.33 bits per heavy atom. The zero-order chi connectivity index (χ0) is 16.0. The van der Waals surface area contributed by atoms with Gasteiger partial charge in [-0.1, -0.05) is 11.8 Å². The maximum Gasteiger partial charge on any atom is 0.253 e. The number of carbonyl (C=O) groups excluding carboxylic acids is 1. The highest BCUT2D eigenvalue weighted by atomic mass is 16.3. The number of hydrogen-bond donors (Lipinski definition) is 2. The first-order valence-electron chi connectivity index (χ1n) is 7.00. The van der Waals surface area contributed by atoms with Crippen molar-refractivity contribution >= 4 is 5.91 Å². The summed E-state index contributed by atoms with van der Waals surface area (Å²) in [6, 6.07) is 5.39. The second kappa shape index (κ2) is 7.26. The van der Waals surface area contributed by atoms with E-state index in [-0.39, 0.29) is 19.1 Å². The zero-order valence-electron chi connectivity index (χ0n) is 13.1. The molecule has 0 heterocycles. The van der Waals surface area contributed by atoms with Gasteiger partial charge in [-0.3, -0.25) is 4.79 Å². The van der Waals surface area contributed by atoms with Gasteiger partial charge in [0, 0.05) is 24.2 Å². The van der Waals surface area contributed by atoms with Crippen molar-refractivity contribution in [1.82, 2.24) is 4.90 Å². The van der Waals surface area contributed by atoms with Crippen LogP contribution in [-0.4, -0.2) is 46.3 Å². The lowest BCUT2D eigenvalue weighted by Gasteiger charge is -2.28. The van der Waals surface area contributed by atoms with E-state index < -0.39 is 5.60 Å². The summed E-state index contributed by atoms with van der Waals surface area (Å²) in [6.07, 6.45) is 0.